The second-order valence-corrected chi connectivity index (χ2v) is 3.82. The fourth-order valence-corrected chi connectivity index (χ4v) is 1.88. The number of carbonyl (C=O) groups excluding carboxylic acids is 2. The SMILES string of the molecule is N#CCNC(=O)C(=O)N1CCc2ccc(F)cc21. The van der Waals surface area contributed by atoms with E-state index in [2.05, 4.69) is 5.32 Å². The summed E-state index contributed by atoms with van der Waals surface area (Å²) < 4.78 is 13.1. The maximum absolute atomic E-state index is 13.1. The van der Waals surface area contributed by atoms with Crippen molar-refractivity contribution < 1.29 is 14.0 Å². The first-order chi connectivity index (χ1) is 8.63. The summed E-state index contributed by atoms with van der Waals surface area (Å²) in [6.45, 7) is 0.117. The predicted molar refractivity (Wildman–Crippen MR) is 61.1 cm³/mol. The quantitative estimate of drug-likeness (QED) is 0.575. The third-order valence-electron chi connectivity index (χ3n) is 2.71. The number of anilines is 1. The van der Waals surface area contributed by atoms with E-state index < -0.39 is 17.6 Å². The van der Waals surface area contributed by atoms with Gasteiger partial charge in [0, 0.05) is 6.54 Å². The van der Waals surface area contributed by atoms with Gasteiger partial charge in [0.2, 0.25) is 0 Å². The van der Waals surface area contributed by atoms with E-state index in [0.717, 1.165) is 5.56 Å². The summed E-state index contributed by atoms with van der Waals surface area (Å²) in [5.41, 5.74) is 1.25. The van der Waals surface area contributed by atoms with E-state index in [1.54, 1.807) is 12.1 Å². The second kappa shape index (κ2) is 4.84. The first-order valence-electron chi connectivity index (χ1n) is 5.38. The molecular formula is C12H10FN3O2. The summed E-state index contributed by atoms with van der Waals surface area (Å²) in [4.78, 5) is 24.5. The maximum atomic E-state index is 13.1. The highest BCUT2D eigenvalue weighted by atomic mass is 19.1. The molecule has 0 spiro atoms. The van der Waals surface area contributed by atoms with E-state index in [0.29, 0.717) is 18.7 Å². The molecule has 18 heavy (non-hydrogen) atoms. The number of carbonyl (C=O) groups is 2. The predicted octanol–water partition coefficient (Wildman–Crippen LogP) is 0.355. The Balaban J connectivity index is 2.18. The Morgan fingerprint density at radius 1 is 1.50 bits per heavy atom. The van der Waals surface area contributed by atoms with Crippen LogP contribution in [0.5, 0.6) is 0 Å². The van der Waals surface area contributed by atoms with Crippen molar-refractivity contribution in [1.29, 1.82) is 5.26 Å². The van der Waals surface area contributed by atoms with Crippen molar-refractivity contribution in [3.63, 3.8) is 0 Å². The Kier molecular flexibility index (Phi) is 3.24. The van der Waals surface area contributed by atoms with Gasteiger partial charge in [-0.15, -0.1) is 0 Å². The van der Waals surface area contributed by atoms with Crippen molar-refractivity contribution in [2.75, 3.05) is 18.0 Å². The summed E-state index contributed by atoms with van der Waals surface area (Å²) in [7, 11) is 0. The summed E-state index contributed by atoms with van der Waals surface area (Å²) in [5, 5.41) is 10.5. The van der Waals surface area contributed by atoms with Gasteiger partial charge in [0.25, 0.3) is 0 Å². The molecule has 0 bridgehead atoms. The highest BCUT2D eigenvalue weighted by Crippen LogP contribution is 2.28. The molecule has 0 aromatic heterocycles. The molecule has 0 aliphatic carbocycles. The molecule has 6 heteroatoms. The number of fused-ring (bicyclic) bond motifs is 1. The van der Waals surface area contributed by atoms with Crippen molar-refractivity contribution in [2.45, 2.75) is 6.42 Å². The van der Waals surface area contributed by atoms with Crippen LogP contribution in [0.25, 0.3) is 0 Å². The van der Waals surface area contributed by atoms with Gasteiger partial charge in [-0.05, 0) is 24.1 Å². The minimum Gasteiger partial charge on any atom is -0.335 e. The fraction of sp³-hybridized carbons (Fsp3) is 0.250. The van der Waals surface area contributed by atoms with Crippen molar-refractivity contribution in [3.05, 3.63) is 29.6 Å². The molecule has 0 atom stereocenters. The third-order valence-corrected chi connectivity index (χ3v) is 2.71. The van der Waals surface area contributed by atoms with Gasteiger partial charge in [0.15, 0.2) is 0 Å². The average Bonchev–Trinajstić information content (AvgIpc) is 2.77. The van der Waals surface area contributed by atoms with E-state index in [1.807, 2.05) is 0 Å². The van der Waals surface area contributed by atoms with E-state index in [1.165, 1.54) is 17.0 Å². The van der Waals surface area contributed by atoms with Crippen LogP contribution < -0.4 is 10.2 Å². The Morgan fingerprint density at radius 2 is 2.28 bits per heavy atom. The van der Waals surface area contributed by atoms with Gasteiger partial charge in [-0.2, -0.15) is 5.26 Å². The van der Waals surface area contributed by atoms with Crippen LogP contribution in [0.1, 0.15) is 5.56 Å². The van der Waals surface area contributed by atoms with E-state index in [9.17, 15) is 14.0 Å². The normalized spacial score (nSPS) is 12.8. The zero-order chi connectivity index (χ0) is 13.1. The van der Waals surface area contributed by atoms with Crippen molar-refractivity contribution in [1.82, 2.24) is 5.32 Å². The lowest BCUT2D eigenvalue weighted by molar-refractivity contribution is -0.137. The lowest BCUT2D eigenvalue weighted by atomic mass is 10.2. The average molecular weight is 247 g/mol. The molecular weight excluding hydrogens is 237 g/mol. The molecule has 0 radical (unpaired) electrons. The number of nitrogens with zero attached hydrogens (tertiary/aromatic N) is 2. The molecule has 1 aromatic carbocycles. The zero-order valence-electron chi connectivity index (χ0n) is 9.44. The first-order valence-corrected chi connectivity index (χ1v) is 5.38. The van der Waals surface area contributed by atoms with Crippen LogP contribution in [0, 0.1) is 17.1 Å². The summed E-state index contributed by atoms with van der Waals surface area (Å²) in [5.74, 6) is -2.07. The van der Waals surface area contributed by atoms with Crippen LogP contribution in [-0.2, 0) is 16.0 Å². The van der Waals surface area contributed by atoms with Crippen molar-refractivity contribution in [2.24, 2.45) is 0 Å². The molecule has 1 aliphatic heterocycles. The van der Waals surface area contributed by atoms with Crippen molar-refractivity contribution in [3.8, 4) is 6.07 Å². The van der Waals surface area contributed by atoms with Gasteiger partial charge >= 0.3 is 11.8 Å². The first kappa shape index (κ1) is 12.0. The Hall–Kier alpha value is -2.42. The van der Waals surface area contributed by atoms with Gasteiger partial charge in [-0.1, -0.05) is 6.07 Å². The third kappa shape index (κ3) is 2.15. The van der Waals surface area contributed by atoms with Gasteiger partial charge in [-0.25, -0.2) is 4.39 Å². The minimum atomic E-state index is -0.853. The molecule has 2 amide bonds. The van der Waals surface area contributed by atoms with E-state index >= 15 is 0 Å². The Bertz CT molecular complexity index is 551. The lowest BCUT2D eigenvalue weighted by Crippen LogP contribution is -2.42. The summed E-state index contributed by atoms with van der Waals surface area (Å²) in [6, 6.07) is 5.87. The molecule has 92 valence electrons. The van der Waals surface area contributed by atoms with Crippen LogP contribution in [0.3, 0.4) is 0 Å². The number of rotatable bonds is 1. The number of nitrogens with one attached hydrogen (secondary N) is 1. The topological polar surface area (TPSA) is 73.2 Å². The summed E-state index contributed by atoms with van der Waals surface area (Å²) in [6.07, 6.45) is 0.590. The monoisotopic (exact) mass is 247 g/mol. The van der Waals surface area contributed by atoms with Crippen LogP contribution in [0.4, 0.5) is 10.1 Å². The largest absolute Gasteiger partial charge is 0.335 e. The smallest absolute Gasteiger partial charge is 0.316 e. The number of halogens is 1. The molecule has 1 aliphatic rings. The number of hydrogen-bond donors (Lipinski definition) is 1. The minimum absolute atomic E-state index is 0.228. The summed E-state index contributed by atoms with van der Waals surface area (Å²) >= 11 is 0. The van der Waals surface area contributed by atoms with Crippen LogP contribution in [0.2, 0.25) is 0 Å². The molecule has 1 N–H and O–H groups in total. The molecule has 0 fully saturated rings. The highest BCUT2D eigenvalue weighted by Gasteiger charge is 2.29. The maximum Gasteiger partial charge on any atom is 0.316 e. The Morgan fingerprint density at radius 3 is 3.00 bits per heavy atom. The molecule has 1 aromatic rings. The van der Waals surface area contributed by atoms with Crippen molar-refractivity contribution >= 4 is 17.5 Å². The lowest BCUT2D eigenvalue weighted by Gasteiger charge is -2.16. The van der Waals surface area contributed by atoms with Gasteiger partial charge in [-0.3, -0.25) is 9.59 Å². The standard InChI is InChI=1S/C12H10FN3O2/c13-9-2-1-8-3-6-16(10(8)7-9)12(18)11(17)15-5-4-14/h1-2,7H,3,5-6H2,(H,15,17). The molecule has 0 saturated carbocycles. The number of amides is 2. The zero-order valence-corrected chi connectivity index (χ0v) is 9.44. The second-order valence-electron chi connectivity index (χ2n) is 3.82. The fourth-order valence-electron chi connectivity index (χ4n) is 1.88. The molecule has 0 unspecified atom stereocenters. The van der Waals surface area contributed by atoms with Gasteiger partial charge in [0.05, 0.1) is 11.8 Å². The molecule has 1 heterocycles. The van der Waals surface area contributed by atoms with Gasteiger partial charge in [0.1, 0.15) is 12.4 Å². The van der Waals surface area contributed by atoms with E-state index in [4.69, 9.17) is 5.26 Å². The Labute approximate surface area is 103 Å². The molecule has 0 saturated heterocycles. The number of hydrogen-bond acceptors (Lipinski definition) is 3. The van der Waals surface area contributed by atoms with Crippen LogP contribution in [-0.4, -0.2) is 24.9 Å². The van der Waals surface area contributed by atoms with E-state index in [-0.39, 0.29) is 6.54 Å². The van der Waals surface area contributed by atoms with Gasteiger partial charge < -0.3 is 10.2 Å². The number of benzene rings is 1. The molecule has 5 nitrogen and oxygen atoms in total. The van der Waals surface area contributed by atoms with Crippen LogP contribution >= 0.6 is 0 Å². The number of nitriles is 1. The highest BCUT2D eigenvalue weighted by molar-refractivity contribution is 6.40. The molecule has 2 rings (SSSR count). The van der Waals surface area contributed by atoms with Crippen LogP contribution in [0.15, 0.2) is 18.2 Å².